The van der Waals surface area contributed by atoms with E-state index >= 15 is 0 Å². The van der Waals surface area contributed by atoms with Gasteiger partial charge in [0.2, 0.25) is 5.91 Å². The maximum Gasteiger partial charge on any atom is 0.253 e. The van der Waals surface area contributed by atoms with E-state index in [9.17, 15) is 14.0 Å². The molecular weight excluding hydrogens is 383 g/mol. The molecule has 30 heavy (non-hydrogen) atoms. The first-order chi connectivity index (χ1) is 14.3. The van der Waals surface area contributed by atoms with Crippen molar-refractivity contribution in [2.24, 2.45) is 0 Å². The second-order valence-corrected chi connectivity index (χ2v) is 8.46. The van der Waals surface area contributed by atoms with Crippen LogP contribution >= 0.6 is 0 Å². The number of hydrogen-bond acceptors (Lipinski definition) is 4. The number of carbonyl (C=O) groups is 2. The van der Waals surface area contributed by atoms with Crippen molar-refractivity contribution in [3.8, 4) is 0 Å². The first-order valence-electron chi connectivity index (χ1n) is 10.1. The van der Waals surface area contributed by atoms with Crippen LogP contribution in [0.3, 0.4) is 0 Å². The second kappa shape index (κ2) is 7.72. The minimum Gasteiger partial charge on any atom is -0.378 e. The minimum atomic E-state index is -0.363. The third-order valence-electron chi connectivity index (χ3n) is 6.31. The summed E-state index contributed by atoms with van der Waals surface area (Å²) in [6.07, 6.45) is 0.768. The fourth-order valence-corrected chi connectivity index (χ4v) is 4.39. The van der Waals surface area contributed by atoms with Gasteiger partial charge in [0.25, 0.3) is 5.91 Å². The quantitative estimate of drug-likeness (QED) is 0.780. The highest BCUT2D eigenvalue weighted by Gasteiger charge is 2.48. The van der Waals surface area contributed by atoms with E-state index in [0.717, 1.165) is 12.1 Å². The third-order valence-corrected chi connectivity index (χ3v) is 6.31. The Morgan fingerprint density at radius 1 is 1.10 bits per heavy atom. The van der Waals surface area contributed by atoms with E-state index in [0.29, 0.717) is 30.9 Å². The number of amides is 2. The van der Waals surface area contributed by atoms with E-state index < -0.39 is 0 Å². The van der Waals surface area contributed by atoms with E-state index in [-0.39, 0.29) is 29.7 Å². The molecule has 0 saturated carbocycles. The molecule has 2 aromatic carbocycles. The van der Waals surface area contributed by atoms with Gasteiger partial charge in [-0.2, -0.15) is 0 Å². The number of benzene rings is 2. The van der Waals surface area contributed by atoms with Crippen molar-refractivity contribution in [2.45, 2.75) is 12.0 Å². The molecule has 0 aromatic heterocycles. The lowest BCUT2D eigenvalue weighted by Gasteiger charge is -2.46. The highest BCUT2D eigenvalue weighted by Crippen LogP contribution is 2.34. The zero-order chi connectivity index (χ0) is 21.5. The van der Waals surface area contributed by atoms with Crippen molar-refractivity contribution in [1.82, 2.24) is 9.80 Å². The Labute approximate surface area is 176 Å². The van der Waals surface area contributed by atoms with E-state index in [1.165, 1.54) is 12.1 Å². The number of hydrogen-bond donors (Lipinski definition) is 0. The highest BCUT2D eigenvalue weighted by molar-refractivity contribution is 5.97. The summed E-state index contributed by atoms with van der Waals surface area (Å²) in [6.45, 7) is 1.85. The fraction of sp³-hybridized carbons (Fsp3) is 0.391. The lowest BCUT2D eigenvalue weighted by molar-refractivity contribution is -0.123. The van der Waals surface area contributed by atoms with Crippen LogP contribution in [-0.2, 0) is 4.79 Å². The Morgan fingerprint density at radius 2 is 1.83 bits per heavy atom. The molecule has 2 aliphatic rings. The zero-order valence-corrected chi connectivity index (χ0v) is 17.6. The van der Waals surface area contributed by atoms with Crippen molar-refractivity contribution < 1.29 is 14.0 Å². The number of carbonyl (C=O) groups excluding carboxylic acids is 2. The predicted molar refractivity (Wildman–Crippen MR) is 115 cm³/mol. The summed E-state index contributed by atoms with van der Waals surface area (Å²) in [5.74, 6) is -0.421. The SMILES string of the molecule is CN(C)c1ccc(C(=O)N2CC[C@]3(C2)CN(c2cccc(F)c2)C(=O)CN3C)cc1. The van der Waals surface area contributed by atoms with Gasteiger partial charge in [-0.05, 0) is 55.9 Å². The van der Waals surface area contributed by atoms with Crippen molar-refractivity contribution in [2.75, 3.05) is 57.1 Å². The van der Waals surface area contributed by atoms with Crippen LogP contribution in [-0.4, -0.2) is 74.5 Å². The number of anilines is 2. The van der Waals surface area contributed by atoms with Crippen LogP contribution in [0, 0.1) is 5.82 Å². The number of rotatable bonds is 3. The average Bonchev–Trinajstić information content (AvgIpc) is 3.15. The maximum absolute atomic E-state index is 13.7. The van der Waals surface area contributed by atoms with Gasteiger partial charge in [-0.15, -0.1) is 0 Å². The summed E-state index contributed by atoms with van der Waals surface area (Å²) in [4.78, 5) is 33.3. The summed E-state index contributed by atoms with van der Waals surface area (Å²) in [6, 6.07) is 13.7. The van der Waals surface area contributed by atoms with Gasteiger partial charge >= 0.3 is 0 Å². The minimum absolute atomic E-state index is 0.000198. The molecule has 4 rings (SSSR count). The lowest BCUT2D eigenvalue weighted by atomic mass is 9.92. The monoisotopic (exact) mass is 410 g/mol. The zero-order valence-electron chi connectivity index (χ0n) is 17.6. The van der Waals surface area contributed by atoms with Crippen LogP contribution in [0.2, 0.25) is 0 Å². The van der Waals surface area contributed by atoms with E-state index in [2.05, 4.69) is 0 Å². The summed E-state index contributed by atoms with van der Waals surface area (Å²) in [7, 11) is 5.86. The van der Waals surface area contributed by atoms with Gasteiger partial charge in [-0.1, -0.05) is 6.07 Å². The molecule has 158 valence electrons. The third kappa shape index (κ3) is 3.65. The number of nitrogens with zero attached hydrogens (tertiary/aromatic N) is 4. The molecule has 2 saturated heterocycles. The summed E-state index contributed by atoms with van der Waals surface area (Å²) >= 11 is 0. The standard InChI is InChI=1S/C23H27FN4O2/c1-25(2)19-9-7-17(8-10-19)22(30)27-12-11-23(15-27)16-28(21(29)14-26(23)3)20-6-4-5-18(24)13-20/h4-10,13H,11-12,14-16H2,1-3H3/t23-/m0/s1. The largest absolute Gasteiger partial charge is 0.378 e. The molecule has 2 heterocycles. The Bertz CT molecular complexity index is 962. The van der Waals surface area contributed by atoms with E-state index in [4.69, 9.17) is 0 Å². The molecule has 2 fully saturated rings. The normalized spacial score (nSPS) is 22.1. The molecular formula is C23H27FN4O2. The molecule has 2 amide bonds. The van der Waals surface area contributed by atoms with Crippen molar-refractivity contribution in [3.63, 3.8) is 0 Å². The number of piperazine rings is 1. The van der Waals surface area contributed by atoms with Crippen LogP contribution in [0.1, 0.15) is 16.8 Å². The Hall–Kier alpha value is -2.93. The highest BCUT2D eigenvalue weighted by atomic mass is 19.1. The molecule has 0 radical (unpaired) electrons. The van der Waals surface area contributed by atoms with Gasteiger partial charge in [-0.3, -0.25) is 14.5 Å². The van der Waals surface area contributed by atoms with Crippen molar-refractivity contribution >= 4 is 23.2 Å². The van der Waals surface area contributed by atoms with Gasteiger partial charge in [0, 0.05) is 50.7 Å². The van der Waals surface area contributed by atoms with Crippen LogP contribution in [0.4, 0.5) is 15.8 Å². The molecule has 2 aliphatic heterocycles. The molecule has 6 nitrogen and oxygen atoms in total. The molecule has 0 aliphatic carbocycles. The number of likely N-dealkylation sites (N-methyl/N-ethyl adjacent to an activating group) is 1. The number of likely N-dealkylation sites (tertiary alicyclic amines) is 1. The van der Waals surface area contributed by atoms with Gasteiger partial charge in [0.05, 0.1) is 12.1 Å². The van der Waals surface area contributed by atoms with Gasteiger partial charge in [0.15, 0.2) is 0 Å². The lowest BCUT2D eigenvalue weighted by Crippen LogP contribution is -2.64. The molecule has 1 spiro atoms. The van der Waals surface area contributed by atoms with Crippen LogP contribution in [0.15, 0.2) is 48.5 Å². The Morgan fingerprint density at radius 3 is 2.50 bits per heavy atom. The smallest absolute Gasteiger partial charge is 0.253 e. The summed E-state index contributed by atoms with van der Waals surface area (Å²) in [5, 5.41) is 0. The van der Waals surface area contributed by atoms with Gasteiger partial charge in [-0.25, -0.2) is 4.39 Å². The van der Waals surface area contributed by atoms with Crippen molar-refractivity contribution in [3.05, 3.63) is 59.9 Å². The average molecular weight is 410 g/mol. The molecule has 0 bridgehead atoms. The predicted octanol–water partition coefficient (Wildman–Crippen LogP) is 2.46. The molecule has 0 unspecified atom stereocenters. The summed E-state index contributed by atoms with van der Waals surface area (Å²) < 4.78 is 13.7. The van der Waals surface area contributed by atoms with Crippen LogP contribution in [0.5, 0.6) is 0 Å². The van der Waals surface area contributed by atoms with Gasteiger partial charge < -0.3 is 14.7 Å². The topological polar surface area (TPSA) is 47.1 Å². The first kappa shape index (κ1) is 20.3. The van der Waals surface area contributed by atoms with Crippen molar-refractivity contribution in [1.29, 1.82) is 0 Å². The molecule has 2 aromatic rings. The Balaban J connectivity index is 1.53. The molecule has 0 N–H and O–H groups in total. The second-order valence-electron chi connectivity index (χ2n) is 8.46. The molecule has 7 heteroatoms. The molecule has 1 atom stereocenters. The fourth-order valence-electron chi connectivity index (χ4n) is 4.39. The number of halogens is 1. The first-order valence-corrected chi connectivity index (χ1v) is 10.1. The Kier molecular flexibility index (Phi) is 5.24. The van der Waals surface area contributed by atoms with E-state index in [1.807, 2.05) is 60.1 Å². The maximum atomic E-state index is 13.7. The van der Waals surface area contributed by atoms with E-state index in [1.54, 1.807) is 17.0 Å². The summed E-state index contributed by atoms with van der Waals surface area (Å²) in [5.41, 5.74) is 1.94. The van der Waals surface area contributed by atoms with Crippen LogP contribution in [0.25, 0.3) is 0 Å². The van der Waals surface area contributed by atoms with Crippen LogP contribution < -0.4 is 9.80 Å². The van der Waals surface area contributed by atoms with Gasteiger partial charge in [0.1, 0.15) is 5.82 Å².